The van der Waals surface area contributed by atoms with Gasteiger partial charge in [0.25, 0.3) is 5.91 Å². The number of hydroxylamine groups is 1. The molecule has 2 aromatic rings. The maximum absolute atomic E-state index is 12.7. The van der Waals surface area contributed by atoms with Gasteiger partial charge in [0.1, 0.15) is 0 Å². The van der Waals surface area contributed by atoms with Crippen molar-refractivity contribution in [2.24, 2.45) is 5.92 Å². The molecule has 2 N–H and O–H groups in total. The summed E-state index contributed by atoms with van der Waals surface area (Å²) in [6.45, 7) is 5.32. The number of hydrogen-bond acceptors (Lipinski definition) is 3. The first-order valence-electron chi connectivity index (χ1n) is 8.34. The molecule has 0 saturated carbocycles. The Morgan fingerprint density at radius 2 is 1.64 bits per heavy atom. The first kappa shape index (κ1) is 18.7. The molecule has 0 atom stereocenters. The van der Waals surface area contributed by atoms with E-state index in [0.717, 1.165) is 11.1 Å². The van der Waals surface area contributed by atoms with Gasteiger partial charge in [0, 0.05) is 18.7 Å². The monoisotopic (exact) mass is 340 g/mol. The molecule has 5 heteroatoms. The van der Waals surface area contributed by atoms with Gasteiger partial charge in [0.2, 0.25) is 5.91 Å². The van der Waals surface area contributed by atoms with E-state index in [1.165, 1.54) is 0 Å². The highest BCUT2D eigenvalue weighted by Crippen LogP contribution is 2.12. The summed E-state index contributed by atoms with van der Waals surface area (Å²) in [5.41, 5.74) is 3.92. The predicted octanol–water partition coefficient (Wildman–Crippen LogP) is 3.03. The van der Waals surface area contributed by atoms with Gasteiger partial charge in [-0.05, 0) is 29.2 Å². The summed E-state index contributed by atoms with van der Waals surface area (Å²) in [5.74, 6) is -0.109. The Bertz CT molecular complexity index is 697. The first-order valence-corrected chi connectivity index (χ1v) is 8.34. The zero-order chi connectivity index (χ0) is 18.2. The van der Waals surface area contributed by atoms with Crippen LogP contribution in [0.4, 0.5) is 0 Å². The Labute approximate surface area is 148 Å². The lowest BCUT2D eigenvalue weighted by atomic mass is 10.1. The third-order valence-corrected chi connectivity index (χ3v) is 3.83. The van der Waals surface area contributed by atoms with E-state index in [4.69, 9.17) is 5.21 Å². The minimum absolute atomic E-state index is 0.0806. The van der Waals surface area contributed by atoms with E-state index in [2.05, 4.69) is 13.8 Å². The van der Waals surface area contributed by atoms with Crippen LogP contribution < -0.4 is 5.48 Å². The Morgan fingerprint density at radius 3 is 2.20 bits per heavy atom. The molecule has 25 heavy (non-hydrogen) atoms. The first-order chi connectivity index (χ1) is 12.0. The Balaban J connectivity index is 2.09. The molecule has 2 aromatic carbocycles. The highest BCUT2D eigenvalue weighted by atomic mass is 16.5. The van der Waals surface area contributed by atoms with E-state index in [9.17, 15) is 9.59 Å². The fourth-order valence-corrected chi connectivity index (χ4v) is 2.62. The van der Waals surface area contributed by atoms with Crippen LogP contribution in [0.25, 0.3) is 0 Å². The number of benzene rings is 2. The normalized spacial score (nSPS) is 10.6. The van der Waals surface area contributed by atoms with Crippen LogP contribution in [0.15, 0.2) is 54.6 Å². The molecular weight excluding hydrogens is 316 g/mol. The summed E-state index contributed by atoms with van der Waals surface area (Å²) in [7, 11) is 0. The minimum Gasteiger partial charge on any atom is -0.338 e. The van der Waals surface area contributed by atoms with E-state index < -0.39 is 5.91 Å². The van der Waals surface area contributed by atoms with Crippen LogP contribution in [0.3, 0.4) is 0 Å². The number of carbonyl (C=O) groups is 2. The lowest BCUT2D eigenvalue weighted by Gasteiger charge is -2.25. The number of nitrogens with one attached hydrogen (secondary N) is 1. The maximum atomic E-state index is 12.7. The van der Waals surface area contributed by atoms with Gasteiger partial charge in [-0.3, -0.25) is 14.8 Å². The molecule has 0 radical (unpaired) electrons. The smallest absolute Gasteiger partial charge is 0.274 e. The largest absolute Gasteiger partial charge is 0.338 e. The second-order valence-corrected chi connectivity index (χ2v) is 6.47. The molecule has 2 amide bonds. The number of nitrogens with zero attached hydrogens (tertiary/aromatic N) is 1. The van der Waals surface area contributed by atoms with Gasteiger partial charge in [0.15, 0.2) is 0 Å². The molecule has 0 bridgehead atoms. The van der Waals surface area contributed by atoms with Crippen LogP contribution in [-0.2, 0) is 17.8 Å². The van der Waals surface area contributed by atoms with Crippen LogP contribution in [0.5, 0.6) is 0 Å². The average molecular weight is 340 g/mol. The van der Waals surface area contributed by atoms with Crippen molar-refractivity contribution in [3.8, 4) is 0 Å². The maximum Gasteiger partial charge on any atom is 0.274 e. The number of amides is 2. The second kappa shape index (κ2) is 8.99. The molecule has 0 spiro atoms. The summed E-state index contributed by atoms with van der Waals surface area (Å²) >= 11 is 0. The van der Waals surface area contributed by atoms with Crippen molar-refractivity contribution in [2.45, 2.75) is 26.8 Å². The fourth-order valence-electron chi connectivity index (χ4n) is 2.62. The highest BCUT2D eigenvalue weighted by Gasteiger charge is 2.16. The molecule has 0 heterocycles. The molecule has 0 aliphatic carbocycles. The van der Waals surface area contributed by atoms with Crippen molar-refractivity contribution >= 4 is 11.8 Å². The van der Waals surface area contributed by atoms with Crippen molar-refractivity contribution in [1.82, 2.24) is 10.4 Å². The van der Waals surface area contributed by atoms with E-state index in [1.807, 2.05) is 35.2 Å². The van der Waals surface area contributed by atoms with Gasteiger partial charge < -0.3 is 4.90 Å². The van der Waals surface area contributed by atoms with Crippen molar-refractivity contribution in [3.63, 3.8) is 0 Å². The molecule has 2 rings (SSSR count). The van der Waals surface area contributed by atoms with Crippen LogP contribution in [-0.4, -0.2) is 28.5 Å². The summed E-state index contributed by atoms with van der Waals surface area (Å²) in [4.78, 5) is 25.9. The van der Waals surface area contributed by atoms with Gasteiger partial charge in [-0.15, -0.1) is 0 Å². The third-order valence-electron chi connectivity index (χ3n) is 3.83. The van der Waals surface area contributed by atoms with Gasteiger partial charge >= 0.3 is 0 Å². The number of carbonyl (C=O) groups excluding carboxylic acids is 2. The van der Waals surface area contributed by atoms with Crippen LogP contribution in [0, 0.1) is 5.92 Å². The van der Waals surface area contributed by atoms with Crippen LogP contribution in [0.1, 0.15) is 35.3 Å². The fraction of sp³-hybridized carbons (Fsp3) is 0.300. The van der Waals surface area contributed by atoms with Gasteiger partial charge in [-0.25, -0.2) is 5.48 Å². The standard InChI is InChI=1S/C20H24N2O3/c1-15(2)13-22(19(23)12-16-6-4-3-5-7-16)14-17-8-10-18(11-9-17)20(24)21-25/h3-11,15,25H,12-14H2,1-2H3,(H,21,24). The van der Waals surface area contributed by atoms with Crippen LogP contribution in [0.2, 0.25) is 0 Å². The van der Waals surface area contributed by atoms with Gasteiger partial charge in [-0.2, -0.15) is 0 Å². The quantitative estimate of drug-likeness (QED) is 0.601. The summed E-state index contributed by atoms with van der Waals surface area (Å²) < 4.78 is 0. The molecule has 132 valence electrons. The summed E-state index contributed by atoms with van der Waals surface area (Å²) in [6, 6.07) is 16.6. The van der Waals surface area contributed by atoms with Gasteiger partial charge in [-0.1, -0.05) is 56.3 Å². The Morgan fingerprint density at radius 1 is 1.00 bits per heavy atom. The molecule has 0 fully saturated rings. The second-order valence-electron chi connectivity index (χ2n) is 6.47. The molecule has 0 aliphatic rings. The Kier molecular flexibility index (Phi) is 6.71. The minimum atomic E-state index is -0.550. The topological polar surface area (TPSA) is 69.6 Å². The van der Waals surface area contributed by atoms with E-state index in [1.54, 1.807) is 29.7 Å². The van der Waals surface area contributed by atoms with E-state index in [-0.39, 0.29) is 5.91 Å². The lowest BCUT2D eigenvalue weighted by molar-refractivity contribution is -0.131. The SMILES string of the molecule is CC(C)CN(Cc1ccc(C(=O)NO)cc1)C(=O)Cc1ccccc1. The molecule has 0 unspecified atom stereocenters. The molecule has 0 aliphatic heterocycles. The number of rotatable bonds is 7. The zero-order valence-electron chi connectivity index (χ0n) is 14.6. The zero-order valence-corrected chi connectivity index (χ0v) is 14.6. The van der Waals surface area contributed by atoms with E-state index >= 15 is 0 Å². The number of hydrogen-bond donors (Lipinski definition) is 2. The predicted molar refractivity (Wildman–Crippen MR) is 96.1 cm³/mol. The van der Waals surface area contributed by atoms with Crippen molar-refractivity contribution in [3.05, 3.63) is 71.3 Å². The van der Waals surface area contributed by atoms with Crippen LogP contribution >= 0.6 is 0 Å². The average Bonchev–Trinajstić information content (AvgIpc) is 2.61. The summed E-state index contributed by atoms with van der Waals surface area (Å²) in [5, 5.41) is 8.66. The Hall–Kier alpha value is -2.66. The summed E-state index contributed by atoms with van der Waals surface area (Å²) in [6.07, 6.45) is 0.374. The lowest BCUT2D eigenvalue weighted by Crippen LogP contribution is -2.34. The van der Waals surface area contributed by atoms with Crippen molar-refractivity contribution < 1.29 is 14.8 Å². The highest BCUT2D eigenvalue weighted by molar-refractivity contribution is 5.93. The molecule has 0 saturated heterocycles. The molecule has 0 aromatic heterocycles. The van der Waals surface area contributed by atoms with Crippen molar-refractivity contribution in [1.29, 1.82) is 0 Å². The third kappa shape index (κ3) is 5.72. The molecular formula is C20H24N2O3. The van der Waals surface area contributed by atoms with Gasteiger partial charge in [0.05, 0.1) is 6.42 Å². The van der Waals surface area contributed by atoms with Crippen molar-refractivity contribution in [2.75, 3.05) is 6.54 Å². The molecule has 5 nitrogen and oxygen atoms in total. The van der Waals surface area contributed by atoms with E-state index in [0.29, 0.717) is 31.0 Å².